The summed E-state index contributed by atoms with van der Waals surface area (Å²) in [6.45, 7) is 2.42. The molecule has 0 saturated carbocycles. The second-order valence-electron chi connectivity index (χ2n) is 4.06. The Morgan fingerprint density at radius 3 is 2.89 bits per heavy atom. The first-order chi connectivity index (χ1) is 8.99. The van der Waals surface area contributed by atoms with Gasteiger partial charge in [0, 0.05) is 17.6 Å². The number of nitrogens with one attached hydrogen (secondary N) is 1. The molecule has 0 spiro atoms. The van der Waals surface area contributed by atoms with E-state index in [1.807, 2.05) is 0 Å². The van der Waals surface area contributed by atoms with Crippen molar-refractivity contribution < 1.29 is 14.3 Å². The van der Waals surface area contributed by atoms with Crippen molar-refractivity contribution in [3.8, 4) is 5.75 Å². The van der Waals surface area contributed by atoms with Crippen LogP contribution in [0.2, 0.25) is 5.02 Å². The number of ether oxygens (including phenoxy) is 1. The van der Waals surface area contributed by atoms with E-state index < -0.39 is 6.10 Å². The lowest BCUT2D eigenvalue weighted by Crippen LogP contribution is -2.42. The van der Waals surface area contributed by atoms with E-state index in [4.69, 9.17) is 16.3 Å². The first-order valence-electron chi connectivity index (χ1n) is 5.70. The first-order valence-corrected chi connectivity index (χ1v) is 6.87. The Morgan fingerprint density at radius 1 is 1.58 bits per heavy atom. The molecular formula is C12H12BrClN2O3. The van der Waals surface area contributed by atoms with E-state index in [1.54, 1.807) is 25.1 Å². The van der Waals surface area contributed by atoms with Crippen LogP contribution in [0.4, 0.5) is 4.79 Å². The molecule has 2 rings (SSSR count). The van der Waals surface area contributed by atoms with Crippen molar-refractivity contribution >= 4 is 39.5 Å². The van der Waals surface area contributed by atoms with Crippen molar-refractivity contribution in [1.29, 1.82) is 0 Å². The molecule has 0 aromatic heterocycles. The summed E-state index contributed by atoms with van der Waals surface area (Å²) in [4.78, 5) is 24.6. The number of carbonyl (C=O) groups is 2. The molecule has 3 amide bonds. The summed E-state index contributed by atoms with van der Waals surface area (Å²) < 4.78 is 6.32. The molecule has 1 fully saturated rings. The fourth-order valence-electron chi connectivity index (χ4n) is 1.71. The van der Waals surface area contributed by atoms with Crippen molar-refractivity contribution in [2.75, 3.05) is 13.1 Å². The number of benzene rings is 1. The highest BCUT2D eigenvalue weighted by atomic mass is 79.9. The maximum Gasteiger partial charge on any atom is 0.324 e. The van der Waals surface area contributed by atoms with Gasteiger partial charge in [0.2, 0.25) is 0 Å². The van der Waals surface area contributed by atoms with Crippen LogP contribution in [0.25, 0.3) is 0 Å². The predicted octanol–water partition coefficient (Wildman–Crippen LogP) is 2.42. The highest BCUT2D eigenvalue weighted by molar-refractivity contribution is 9.10. The number of hydrogen-bond acceptors (Lipinski definition) is 3. The number of urea groups is 1. The standard InChI is InChI=1S/C12H12BrClN2O3/c1-7(11(17)16-5-4-15-12(16)18)19-10-3-2-8(13)6-9(10)14/h2-3,6-7H,4-5H2,1H3,(H,15,18). The molecule has 0 aliphatic carbocycles. The van der Waals surface area contributed by atoms with E-state index in [1.165, 1.54) is 0 Å². The van der Waals surface area contributed by atoms with Gasteiger partial charge in [-0.1, -0.05) is 27.5 Å². The molecule has 1 N–H and O–H groups in total. The van der Waals surface area contributed by atoms with Crippen LogP contribution in [0.3, 0.4) is 0 Å². The summed E-state index contributed by atoms with van der Waals surface area (Å²) in [7, 11) is 0. The van der Waals surface area contributed by atoms with Gasteiger partial charge in [0.1, 0.15) is 5.75 Å². The minimum absolute atomic E-state index is 0.361. The summed E-state index contributed by atoms with van der Waals surface area (Å²) in [5.41, 5.74) is 0. The molecule has 0 bridgehead atoms. The van der Waals surface area contributed by atoms with Crippen LogP contribution in [0.5, 0.6) is 5.75 Å². The molecule has 7 heteroatoms. The smallest absolute Gasteiger partial charge is 0.324 e. The summed E-state index contributed by atoms with van der Waals surface area (Å²) in [5.74, 6) is 0.0271. The van der Waals surface area contributed by atoms with E-state index in [9.17, 15) is 9.59 Å². The number of nitrogens with zero attached hydrogens (tertiary/aromatic N) is 1. The van der Waals surface area contributed by atoms with Gasteiger partial charge < -0.3 is 10.1 Å². The molecule has 1 heterocycles. The molecule has 1 atom stereocenters. The van der Waals surface area contributed by atoms with Gasteiger partial charge in [0.25, 0.3) is 5.91 Å². The predicted molar refractivity (Wildman–Crippen MR) is 74.4 cm³/mol. The summed E-state index contributed by atoms with van der Waals surface area (Å²) >= 11 is 9.29. The topological polar surface area (TPSA) is 58.6 Å². The lowest BCUT2D eigenvalue weighted by Gasteiger charge is -2.19. The third kappa shape index (κ3) is 3.19. The van der Waals surface area contributed by atoms with E-state index in [0.717, 1.165) is 9.37 Å². The highest BCUT2D eigenvalue weighted by Crippen LogP contribution is 2.28. The first kappa shape index (κ1) is 14.1. The number of rotatable bonds is 3. The van der Waals surface area contributed by atoms with Gasteiger partial charge >= 0.3 is 6.03 Å². The second-order valence-corrected chi connectivity index (χ2v) is 5.38. The maximum absolute atomic E-state index is 12.0. The summed E-state index contributed by atoms with van der Waals surface area (Å²) in [6.07, 6.45) is -0.775. The molecule has 1 aromatic rings. The summed E-state index contributed by atoms with van der Waals surface area (Å²) in [6, 6.07) is 4.72. The van der Waals surface area contributed by atoms with Crippen molar-refractivity contribution in [2.24, 2.45) is 0 Å². The third-order valence-corrected chi connectivity index (χ3v) is 3.46. The largest absolute Gasteiger partial charge is 0.479 e. The molecule has 0 radical (unpaired) electrons. The van der Waals surface area contributed by atoms with E-state index >= 15 is 0 Å². The van der Waals surface area contributed by atoms with Crippen molar-refractivity contribution in [1.82, 2.24) is 10.2 Å². The Balaban J connectivity index is 2.06. The third-order valence-electron chi connectivity index (χ3n) is 2.67. The molecule has 1 aromatic carbocycles. The van der Waals surface area contributed by atoms with Gasteiger partial charge in [-0.3, -0.25) is 9.69 Å². The number of halogens is 2. The Morgan fingerprint density at radius 2 is 2.32 bits per heavy atom. The van der Waals surface area contributed by atoms with Crippen LogP contribution >= 0.6 is 27.5 Å². The van der Waals surface area contributed by atoms with E-state index in [-0.39, 0.29) is 11.9 Å². The van der Waals surface area contributed by atoms with Crippen LogP contribution in [-0.2, 0) is 4.79 Å². The molecule has 1 unspecified atom stereocenters. The molecule has 5 nitrogen and oxygen atoms in total. The number of carbonyl (C=O) groups excluding carboxylic acids is 2. The zero-order valence-corrected chi connectivity index (χ0v) is 12.5. The quantitative estimate of drug-likeness (QED) is 0.913. The Labute approximate surface area is 124 Å². The number of hydrogen-bond donors (Lipinski definition) is 1. The molecule has 1 aliphatic heterocycles. The van der Waals surface area contributed by atoms with Gasteiger partial charge in [-0.2, -0.15) is 0 Å². The van der Waals surface area contributed by atoms with Crippen molar-refractivity contribution in [2.45, 2.75) is 13.0 Å². The van der Waals surface area contributed by atoms with Gasteiger partial charge in [-0.05, 0) is 25.1 Å². The Bertz CT molecular complexity index is 524. The minimum Gasteiger partial charge on any atom is -0.479 e. The van der Waals surface area contributed by atoms with Gasteiger partial charge in [0.05, 0.1) is 5.02 Å². The van der Waals surface area contributed by atoms with Gasteiger partial charge in [-0.25, -0.2) is 4.79 Å². The zero-order chi connectivity index (χ0) is 14.0. The van der Waals surface area contributed by atoms with E-state index in [0.29, 0.717) is 23.9 Å². The highest BCUT2D eigenvalue weighted by Gasteiger charge is 2.30. The fourth-order valence-corrected chi connectivity index (χ4v) is 2.43. The van der Waals surface area contributed by atoms with Crippen LogP contribution in [0.15, 0.2) is 22.7 Å². The lowest BCUT2D eigenvalue weighted by atomic mass is 10.3. The van der Waals surface area contributed by atoms with Crippen LogP contribution in [0.1, 0.15) is 6.92 Å². The average molecular weight is 348 g/mol. The maximum atomic E-state index is 12.0. The number of amides is 3. The fraction of sp³-hybridized carbons (Fsp3) is 0.333. The van der Waals surface area contributed by atoms with Crippen LogP contribution in [-0.4, -0.2) is 36.0 Å². The van der Waals surface area contributed by atoms with Crippen molar-refractivity contribution in [3.63, 3.8) is 0 Å². The van der Waals surface area contributed by atoms with Gasteiger partial charge in [0.15, 0.2) is 6.10 Å². The zero-order valence-electron chi connectivity index (χ0n) is 10.2. The minimum atomic E-state index is -0.775. The Kier molecular flexibility index (Phi) is 4.31. The molecule has 1 aliphatic rings. The second kappa shape index (κ2) is 5.79. The van der Waals surface area contributed by atoms with Crippen molar-refractivity contribution in [3.05, 3.63) is 27.7 Å². The van der Waals surface area contributed by atoms with Gasteiger partial charge in [-0.15, -0.1) is 0 Å². The average Bonchev–Trinajstić information content (AvgIpc) is 2.78. The van der Waals surface area contributed by atoms with Crippen LogP contribution in [0, 0.1) is 0 Å². The summed E-state index contributed by atoms with van der Waals surface area (Å²) in [5, 5.41) is 2.97. The molecule has 19 heavy (non-hydrogen) atoms. The molecule has 1 saturated heterocycles. The number of imide groups is 1. The molecular weight excluding hydrogens is 336 g/mol. The normalized spacial score (nSPS) is 16.2. The lowest BCUT2D eigenvalue weighted by molar-refractivity contribution is -0.134. The van der Waals surface area contributed by atoms with E-state index in [2.05, 4.69) is 21.2 Å². The monoisotopic (exact) mass is 346 g/mol. The SMILES string of the molecule is CC(Oc1ccc(Br)cc1Cl)C(=O)N1CCNC1=O. The Hall–Kier alpha value is -1.27. The molecule has 102 valence electrons. The van der Waals surface area contributed by atoms with Crippen LogP contribution < -0.4 is 10.1 Å².